The van der Waals surface area contributed by atoms with E-state index in [1.54, 1.807) is 4.90 Å². The summed E-state index contributed by atoms with van der Waals surface area (Å²) >= 11 is 0. The number of fused-ring (bicyclic) bond motifs is 1. The summed E-state index contributed by atoms with van der Waals surface area (Å²) in [4.78, 5) is 30.5. The van der Waals surface area contributed by atoms with E-state index in [1.165, 1.54) is 0 Å². The molecule has 1 aromatic rings. The van der Waals surface area contributed by atoms with Gasteiger partial charge in [-0.05, 0) is 64.0 Å². The third-order valence-electron chi connectivity index (χ3n) is 4.63. The number of urea groups is 1. The van der Waals surface area contributed by atoms with Crippen molar-refractivity contribution in [1.29, 1.82) is 0 Å². The summed E-state index contributed by atoms with van der Waals surface area (Å²) in [5.74, 6) is 0. The third kappa shape index (κ3) is 4.53. The third-order valence-corrected chi connectivity index (χ3v) is 4.63. The summed E-state index contributed by atoms with van der Waals surface area (Å²) in [7, 11) is 4.03. The molecule has 3 rings (SSSR count). The summed E-state index contributed by atoms with van der Waals surface area (Å²) in [5, 5.41) is 2.92. The zero-order chi connectivity index (χ0) is 19.8. The van der Waals surface area contributed by atoms with E-state index in [2.05, 4.69) is 22.3 Å². The molecule has 3 amide bonds. The molecule has 7 nitrogen and oxygen atoms in total. The zero-order valence-electron chi connectivity index (χ0n) is 17.0. The van der Waals surface area contributed by atoms with Crippen molar-refractivity contribution in [2.75, 3.05) is 32.1 Å². The van der Waals surface area contributed by atoms with Gasteiger partial charge in [0.05, 0.1) is 5.69 Å². The Morgan fingerprint density at radius 3 is 2.48 bits per heavy atom. The van der Waals surface area contributed by atoms with Crippen LogP contribution in [0.4, 0.5) is 15.3 Å². The van der Waals surface area contributed by atoms with Crippen LogP contribution in [0.15, 0.2) is 12.1 Å². The highest BCUT2D eigenvalue weighted by Crippen LogP contribution is 2.33. The molecule has 0 aliphatic carbocycles. The van der Waals surface area contributed by atoms with Gasteiger partial charge in [-0.25, -0.2) is 9.59 Å². The van der Waals surface area contributed by atoms with Crippen molar-refractivity contribution in [3.8, 4) is 0 Å². The fourth-order valence-electron chi connectivity index (χ4n) is 3.52. The van der Waals surface area contributed by atoms with Crippen LogP contribution in [0.25, 0.3) is 0 Å². The second kappa shape index (κ2) is 7.38. The van der Waals surface area contributed by atoms with Crippen LogP contribution in [0.5, 0.6) is 0 Å². The van der Waals surface area contributed by atoms with Crippen LogP contribution >= 0.6 is 0 Å². The summed E-state index contributed by atoms with van der Waals surface area (Å²) in [6.07, 6.45) is 0.624. The van der Waals surface area contributed by atoms with Crippen LogP contribution in [0.2, 0.25) is 0 Å². The van der Waals surface area contributed by atoms with Crippen LogP contribution in [-0.4, -0.2) is 54.7 Å². The topological polar surface area (TPSA) is 65.1 Å². The van der Waals surface area contributed by atoms with Crippen molar-refractivity contribution in [3.05, 3.63) is 28.8 Å². The molecule has 148 valence electrons. The van der Waals surface area contributed by atoms with Gasteiger partial charge in [-0.15, -0.1) is 0 Å². The molecule has 2 aliphatic rings. The maximum absolute atomic E-state index is 12.5. The normalized spacial score (nSPS) is 17.2. The largest absolute Gasteiger partial charge is 0.444 e. The Morgan fingerprint density at radius 2 is 1.89 bits per heavy atom. The Hall–Kier alpha value is -2.28. The quantitative estimate of drug-likeness (QED) is 0.884. The molecule has 0 atom stereocenters. The van der Waals surface area contributed by atoms with E-state index in [0.29, 0.717) is 19.6 Å². The number of carbonyl (C=O) groups excluding carboxylic acids is 2. The van der Waals surface area contributed by atoms with E-state index in [0.717, 1.165) is 41.9 Å². The molecule has 0 unspecified atom stereocenters. The fourth-order valence-corrected chi connectivity index (χ4v) is 3.52. The Kier molecular flexibility index (Phi) is 5.33. The van der Waals surface area contributed by atoms with E-state index in [9.17, 15) is 9.59 Å². The smallest absolute Gasteiger partial charge is 0.410 e. The highest BCUT2D eigenvalue weighted by molar-refractivity contribution is 5.93. The monoisotopic (exact) mass is 374 g/mol. The average Bonchev–Trinajstić information content (AvgIpc) is 2.96. The summed E-state index contributed by atoms with van der Waals surface area (Å²) in [5.41, 5.74) is 3.72. The van der Waals surface area contributed by atoms with Crippen molar-refractivity contribution >= 4 is 17.8 Å². The number of hydrogen-bond donors (Lipinski definition) is 1. The van der Waals surface area contributed by atoms with Crippen molar-refractivity contribution in [2.45, 2.75) is 52.4 Å². The second-order valence-corrected chi connectivity index (χ2v) is 8.56. The molecule has 1 fully saturated rings. The minimum absolute atomic E-state index is 0.0526. The molecule has 1 N–H and O–H groups in total. The fraction of sp³-hybridized carbons (Fsp3) is 0.600. The molecule has 0 spiro atoms. The number of anilines is 1. The molecular weight excluding hydrogens is 344 g/mol. The SMILES string of the molecule is CN(C)Cc1cc2c(cc1N1CCCNC1=O)CN(C(=O)OC(C)(C)C)C2. The van der Waals surface area contributed by atoms with Crippen LogP contribution in [0, 0.1) is 0 Å². The highest BCUT2D eigenvalue weighted by Gasteiger charge is 2.30. The predicted octanol–water partition coefficient (Wildman–Crippen LogP) is 2.92. The van der Waals surface area contributed by atoms with Gasteiger partial charge in [-0.2, -0.15) is 0 Å². The second-order valence-electron chi connectivity index (χ2n) is 8.56. The lowest BCUT2D eigenvalue weighted by Crippen LogP contribution is -2.47. The van der Waals surface area contributed by atoms with Crippen molar-refractivity contribution in [3.63, 3.8) is 0 Å². The van der Waals surface area contributed by atoms with Crippen molar-refractivity contribution in [1.82, 2.24) is 15.1 Å². The van der Waals surface area contributed by atoms with E-state index in [1.807, 2.05) is 39.8 Å². The standard InChI is InChI=1S/C20H30N4O3/c1-20(2,3)27-19(26)23-12-14-9-16(11-22(4)5)17(10-15(14)13-23)24-8-6-7-21-18(24)25/h9-10H,6-8,11-13H2,1-5H3,(H,21,25). The van der Waals surface area contributed by atoms with Crippen LogP contribution in [0.3, 0.4) is 0 Å². The van der Waals surface area contributed by atoms with Crippen LogP contribution < -0.4 is 10.2 Å². The van der Waals surface area contributed by atoms with Gasteiger partial charge in [0.15, 0.2) is 0 Å². The van der Waals surface area contributed by atoms with E-state index in [-0.39, 0.29) is 12.1 Å². The van der Waals surface area contributed by atoms with E-state index >= 15 is 0 Å². The average molecular weight is 374 g/mol. The summed E-state index contributed by atoms with van der Waals surface area (Å²) in [6, 6.07) is 4.16. The Labute approximate surface area is 161 Å². The molecule has 7 heteroatoms. The number of carbonyl (C=O) groups is 2. The molecule has 0 bridgehead atoms. The number of benzene rings is 1. The van der Waals surface area contributed by atoms with Gasteiger partial charge < -0.3 is 15.0 Å². The molecule has 1 saturated heterocycles. The van der Waals surface area contributed by atoms with Crippen LogP contribution in [-0.2, 0) is 24.4 Å². The van der Waals surface area contributed by atoms with Gasteiger partial charge in [0.2, 0.25) is 0 Å². The lowest BCUT2D eigenvalue weighted by molar-refractivity contribution is 0.0242. The molecule has 1 aromatic carbocycles. The number of nitrogens with one attached hydrogen (secondary N) is 1. The molecule has 2 aliphatic heterocycles. The van der Waals surface area contributed by atoms with Gasteiger partial charge in [0.25, 0.3) is 0 Å². The maximum Gasteiger partial charge on any atom is 0.410 e. The van der Waals surface area contributed by atoms with Gasteiger partial charge >= 0.3 is 12.1 Å². The molecule has 0 aromatic heterocycles. The Bertz CT molecular complexity index is 739. The predicted molar refractivity (Wildman–Crippen MR) is 105 cm³/mol. The number of ether oxygens (including phenoxy) is 1. The first-order chi connectivity index (χ1) is 12.6. The van der Waals surface area contributed by atoms with Gasteiger partial charge in [-0.3, -0.25) is 9.80 Å². The molecule has 2 heterocycles. The van der Waals surface area contributed by atoms with Crippen molar-refractivity contribution in [2.24, 2.45) is 0 Å². The Morgan fingerprint density at radius 1 is 1.22 bits per heavy atom. The Balaban J connectivity index is 1.89. The summed E-state index contributed by atoms with van der Waals surface area (Å²) in [6.45, 7) is 8.82. The number of hydrogen-bond acceptors (Lipinski definition) is 4. The lowest BCUT2D eigenvalue weighted by atomic mass is 10.0. The minimum atomic E-state index is -0.515. The van der Waals surface area contributed by atoms with Gasteiger partial charge in [-0.1, -0.05) is 6.07 Å². The first-order valence-corrected chi connectivity index (χ1v) is 9.47. The number of nitrogens with zero attached hydrogens (tertiary/aromatic N) is 3. The lowest BCUT2D eigenvalue weighted by Gasteiger charge is -2.30. The molecule has 0 saturated carbocycles. The maximum atomic E-state index is 12.5. The van der Waals surface area contributed by atoms with Crippen LogP contribution in [0.1, 0.15) is 43.9 Å². The van der Waals surface area contributed by atoms with Crippen molar-refractivity contribution < 1.29 is 14.3 Å². The molecule has 0 radical (unpaired) electrons. The van der Waals surface area contributed by atoms with Gasteiger partial charge in [0.1, 0.15) is 5.60 Å². The van der Waals surface area contributed by atoms with Gasteiger partial charge in [0, 0.05) is 32.7 Å². The van der Waals surface area contributed by atoms with E-state index < -0.39 is 5.60 Å². The highest BCUT2D eigenvalue weighted by atomic mass is 16.6. The number of rotatable bonds is 3. The molecule has 27 heavy (non-hydrogen) atoms. The first-order valence-electron chi connectivity index (χ1n) is 9.47. The van der Waals surface area contributed by atoms with E-state index in [4.69, 9.17) is 4.74 Å². The zero-order valence-corrected chi connectivity index (χ0v) is 17.0. The minimum Gasteiger partial charge on any atom is -0.444 e. The first kappa shape index (κ1) is 19.5. The summed E-state index contributed by atoms with van der Waals surface area (Å²) < 4.78 is 5.52. The number of amides is 3. The molecular formula is C20H30N4O3.